The van der Waals surface area contributed by atoms with Crippen LogP contribution in [0.4, 0.5) is 11.4 Å². The molecule has 0 saturated heterocycles. The van der Waals surface area contributed by atoms with E-state index in [1.807, 2.05) is 6.92 Å². The van der Waals surface area contributed by atoms with E-state index in [0.717, 1.165) is 40.1 Å². The Balaban J connectivity index is 1.55. The number of thiophene rings is 1. The summed E-state index contributed by atoms with van der Waals surface area (Å²) in [6.45, 7) is 3.64. The molecule has 1 aliphatic carbocycles. The molecule has 29 heavy (non-hydrogen) atoms. The third-order valence-electron chi connectivity index (χ3n) is 4.86. The van der Waals surface area contributed by atoms with Gasteiger partial charge in [0.2, 0.25) is 5.91 Å². The van der Waals surface area contributed by atoms with Crippen LogP contribution in [-0.4, -0.2) is 26.6 Å². The van der Waals surface area contributed by atoms with Crippen molar-refractivity contribution in [2.24, 2.45) is 0 Å². The molecular weight excluding hydrogens is 408 g/mol. The first kappa shape index (κ1) is 19.8. The Hall–Kier alpha value is -2.52. The van der Waals surface area contributed by atoms with E-state index < -0.39 is 4.92 Å². The summed E-state index contributed by atoms with van der Waals surface area (Å²) in [6, 6.07) is 4.76. The zero-order chi connectivity index (χ0) is 20.5. The van der Waals surface area contributed by atoms with Gasteiger partial charge in [-0.3, -0.25) is 14.9 Å². The minimum atomic E-state index is -0.481. The second-order valence-electron chi connectivity index (χ2n) is 7.08. The first-order valence-electron chi connectivity index (χ1n) is 9.39. The van der Waals surface area contributed by atoms with Gasteiger partial charge < -0.3 is 5.32 Å². The fourth-order valence-corrected chi connectivity index (χ4v) is 5.82. The van der Waals surface area contributed by atoms with E-state index in [9.17, 15) is 14.9 Å². The smallest absolute Gasteiger partial charge is 0.293 e. The van der Waals surface area contributed by atoms with Gasteiger partial charge in [0, 0.05) is 16.3 Å². The van der Waals surface area contributed by atoms with Gasteiger partial charge in [-0.15, -0.1) is 11.3 Å². The summed E-state index contributed by atoms with van der Waals surface area (Å²) < 4.78 is 0. The van der Waals surface area contributed by atoms with E-state index >= 15 is 0 Å². The van der Waals surface area contributed by atoms with E-state index in [1.54, 1.807) is 30.4 Å². The van der Waals surface area contributed by atoms with Crippen molar-refractivity contribution in [3.63, 3.8) is 0 Å². The number of fused-ring (bicyclic) bond motifs is 3. The second-order valence-corrected chi connectivity index (χ2v) is 9.13. The van der Waals surface area contributed by atoms with Crippen LogP contribution in [0.15, 0.2) is 23.2 Å². The van der Waals surface area contributed by atoms with Gasteiger partial charge in [0.05, 0.1) is 10.7 Å². The summed E-state index contributed by atoms with van der Waals surface area (Å²) >= 11 is 3.09. The van der Waals surface area contributed by atoms with Gasteiger partial charge in [0.1, 0.15) is 21.4 Å². The van der Waals surface area contributed by atoms with Crippen molar-refractivity contribution in [3.8, 4) is 0 Å². The normalized spacial score (nSPS) is 13.3. The van der Waals surface area contributed by atoms with Gasteiger partial charge in [-0.25, -0.2) is 9.97 Å². The molecule has 2 heterocycles. The molecule has 7 nitrogen and oxygen atoms in total. The van der Waals surface area contributed by atoms with Crippen LogP contribution in [-0.2, 0) is 17.6 Å². The summed E-state index contributed by atoms with van der Waals surface area (Å²) in [7, 11) is 0. The van der Waals surface area contributed by atoms with Crippen LogP contribution in [0.2, 0.25) is 0 Å². The standard InChI is InChI=1S/C20H20N4O3S2/c1-11-7-8-14(15(9-11)24(26)27)23-17(25)10-28-19-18-13-5-3-4-6-16(13)29-20(18)22-12(2)21-19/h7-9H,3-6,10H2,1-2H3,(H,23,25). The average Bonchev–Trinajstić information content (AvgIpc) is 3.05. The SMILES string of the molecule is Cc1ccc(NC(=O)CSc2nc(C)nc3sc4c(c23)CCCC4)c([N+](=O)[O-])c1. The maximum Gasteiger partial charge on any atom is 0.293 e. The lowest BCUT2D eigenvalue weighted by Crippen LogP contribution is -2.15. The Kier molecular flexibility index (Phi) is 5.51. The van der Waals surface area contributed by atoms with Gasteiger partial charge in [-0.05, 0) is 56.7 Å². The number of amides is 1. The van der Waals surface area contributed by atoms with E-state index in [-0.39, 0.29) is 23.0 Å². The molecule has 0 fully saturated rings. The third kappa shape index (κ3) is 4.11. The van der Waals surface area contributed by atoms with Crippen molar-refractivity contribution in [2.75, 3.05) is 11.1 Å². The Morgan fingerprint density at radius 3 is 2.86 bits per heavy atom. The van der Waals surface area contributed by atoms with Crippen LogP contribution in [0.25, 0.3) is 10.2 Å². The average molecular weight is 429 g/mol. The molecule has 3 aromatic rings. The minimum absolute atomic E-state index is 0.101. The number of carbonyl (C=O) groups excluding carboxylic acids is 1. The van der Waals surface area contributed by atoms with Crippen LogP contribution >= 0.6 is 23.1 Å². The van der Waals surface area contributed by atoms with Crippen molar-refractivity contribution >= 4 is 50.6 Å². The lowest BCUT2D eigenvalue weighted by molar-refractivity contribution is -0.384. The fraction of sp³-hybridized carbons (Fsp3) is 0.350. The molecule has 150 valence electrons. The van der Waals surface area contributed by atoms with E-state index in [2.05, 4.69) is 15.3 Å². The lowest BCUT2D eigenvalue weighted by atomic mass is 9.97. The molecule has 0 aliphatic heterocycles. The second kappa shape index (κ2) is 8.08. The monoisotopic (exact) mass is 428 g/mol. The molecule has 0 saturated carbocycles. The van der Waals surface area contributed by atoms with Crippen molar-refractivity contribution in [1.82, 2.24) is 9.97 Å². The summed E-state index contributed by atoms with van der Waals surface area (Å²) in [5.41, 5.74) is 2.21. The fourth-order valence-electron chi connectivity index (χ4n) is 3.55. The zero-order valence-electron chi connectivity index (χ0n) is 16.2. The molecule has 4 rings (SSSR count). The van der Waals surface area contributed by atoms with E-state index in [0.29, 0.717) is 5.82 Å². The van der Waals surface area contributed by atoms with Gasteiger partial charge in [-0.1, -0.05) is 17.8 Å². The Bertz CT molecular complexity index is 1130. The molecule has 2 aromatic heterocycles. The highest BCUT2D eigenvalue weighted by molar-refractivity contribution is 8.00. The Labute approximate surface area is 176 Å². The number of rotatable bonds is 5. The molecular formula is C20H20N4O3S2. The number of nitrogens with one attached hydrogen (secondary N) is 1. The highest BCUT2D eigenvalue weighted by Crippen LogP contribution is 2.39. The van der Waals surface area contributed by atoms with Crippen molar-refractivity contribution in [3.05, 3.63) is 50.1 Å². The molecule has 1 amide bonds. The highest BCUT2D eigenvalue weighted by atomic mass is 32.2. The largest absolute Gasteiger partial charge is 0.320 e. The minimum Gasteiger partial charge on any atom is -0.320 e. The predicted octanol–water partition coefficient (Wildman–Crippen LogP) is 4.83. The number of aromatic nitrogens is 2. The summed E-state index contributed by atoms with van der Waals surface area (Å²) in [5, 5.41) is 15.8. The topological polar surface area (TPSA) is 98.0 Å². The first-order valence-corrected chi connectivity index (χ1v) is 11.2. The number of thioether (sulfide) groups is 1. The van der Waals surface area contributed by atoms with Crippen LogP contribution in [0, 0.1) is 24.0 Å². The zero-order valence-corrected chi connectivity index (χ0v) is 17.8. The van der Waals surface area contributed by atoms with Crippen LogP contribution < -0.4 is 5.32 Å². The molecule has 0 atom stereocenters. The number of anilines is 1. The molecule has 0 radical (unpaired) electrons. The van der Waals surface area contributed by atoms with Crippen molar-refractivity contribution in [1.29, 1.82) is 0 Å². The lowest BCUT2D eigenvalue weighted by Gasteiger charge is -2.12. The highest BCUT2D eigenvalue weighted by Gasteiger charge is 2.22. The number of nitro benzene ring substituents is 1. The number of nitrogens with zero attached hydrogens (tertiary/aromatic N) is 3. The predicted molar refractivity (Wildman–Crippen MR) is 116 cm³/mol. The van der Waals surface area contributed by atoms with Gasteiger partial charge in [0.15, 0.2) is 0 Å². The molecule has 1 aliphatic rings. The van der Waals surface area contributed by atoms with Crippen molar-refractivity contribution in [2.45, 2.75) is 44.6 Å². The molecule has 1 N–H and O–H groups in total. The van der Waals surface area contributed by atoms with Crippen LogP contribution in [0.5, 0.6) is 0 Å². The molecule has 9 heteroatoms. The Morgan fingerprint density at radius 1 is 1.28 bits per heavy atom. The van der Waals surface area contributed by atoms with E-state index in [1.165, 1.54) is 34.7 Å². The number of hydrogen-bond acceptors (Lipinski definition) is 7. The van der Waals surface area contributed by atoms with Crippen LogP contribution in [0.1, 0.15) is 34.7 Å². The maximum absolute atomic E-state index is 12.5. The molecule has 1 aromatic carbocycles. The van der Waals surface area contributed by atoms with E-state index in [4.69, 9.17) is 0 Å². The van der Waals surface area contributed by atoms with Crippen LogP contribution in [0.3, 0.4) is 0 Å². The summed E-state index contributed by atoms with van der Waals surface area (Å²) in [4.78, 5) is 34.8. The molecule has 0 spiro atoms. The van der Waals surface area contributed by atoms with Crippen molar-refractivity contribution < 1.29 is 9.72 Å². The number of benzene rings is 1. The maximum atomic E-state index is 12.5. The summed E-state index contributed by atoms with van der Waals surface area (Å²) in [6.07, 6.45) is 4.47. The first-order chi connectivity index (χ1) is 13.9. The number of carbonyl (C=O) groups is 1. The van der Waals surface area contributed by atoms with Gasteiger partial charge in [0.25, 0.3) is 5.69 Å². The number of hydrogen-bond donors (Lipinski definition) is 1. The number of aryl methyl sites for hydroxylation is 4. The van der Waals surface area contributed by atoms with Gasteiger partial charge in [-0.2, -0.15) is 0 Å². The Morgan fingerprint density at radius 2 is 2.07 bits per heavy atom. The number of nitro groups is 1. The van der Waals surface area contributed by atoms with Gasteiger partial charge >= 0.3 is 0 Å². The molecule has 0 unspecified atom stereocenters. The quantitative estimate of drug-likeness (QED) is 0.271. The summed E-state index contributed by atoms with van der Waals surface area (Å²) in [5.74, 6) is 0.518. The molecule has 0 bridgehead atoms. The third-order valence-corrected chi connectivity index (χ3v) is 7.02.